The van der Waals surface area contributed by atoms with E-state index in [1.54, 1.807) is 12.1 Å². The van der Waals surface area contributed by atoms with Gasteiger partial charge >= 0.3 is 6.09 Å². The van der Waals surface area contributed by atoms with Crippen molar-refractivity contribution in [2.75, 3.05) is 24.5 Å². The summed E-state index contributed by atoms with van der Waals surface area (Å²) < 4.78 is 13.0. The number of pyridine rings is 1. The second-order valence-corrected chi connectivity index (χ2v) is 7.36. The first-order valence-corrected chi connectivity index (χ1v) is 9.02. The van der Waals surface area contributed by atoms with Crippen LogP contribution in [0, 0.1) is 23.6 Å². The van der Waals surface area contributed by atoms with E-state index >= 15 is 0 Å². The number of nitrogens with zero attached hydrogens (tertiary/aromatic N) is 2. The summed E-state index contributed by atoms with van der Waals surface area (Å²) in [4.78, 5) is 17.6. The van der Waals surface area contributed by atoms with E-state index in [0.717, 1.165) is 42.9 Å². The highest BCUT2D eigenvalue weighted by molar-refractivity contribution is 5.64. The Bertz CT molecular complexity index is 765. The molecule has 2 fully saturated rings. The van der Waals surface area contributed by atoms with Crippen LogP contribution in [0.4, 0.5) is 15.0 Å². The van der Waals surface area contributed by atoms with E-state index in [1.165, 1.54) is 12.1 Å². The minimum atomic E-state index is -0.936. The first kappa shape index (κ1) is 16.8. The molecule has 2 heterocycles. The number of anilines is 1. The van der Waals surface area contributed by atoms with Gasteiger partial charge in [-0.15, -0.1) is 0 Å². The van der Waals surface area contributed by atoms with Gasteiger partial charge in [-0.2, -0.15) is 0 Å². The summed E-state index contributed by atoms with van der Waals surface area (Å²) in [6, 6.07) is 10.5. The standard InChI is InChI=1S/C20H22FN3O2/c21-18-4-1-14(2-5-18)15-3-6-19(22-10-15)24-11-16-7-13(8-17(16)12-24)9-23-20(25)26/h1-6,10,13,16-17,23H,7-9,11-12H2,(H,25,26)/t13-,16-,17+. The Labute approximate surface area is 151 Å². The van der Waals surface area contributed by atoms with Gasteiger partial charge in [-0.3, -0.25) is 0 Å². The molecule has 2 aromatic rings. The van der Waals surface area contributed by atoms with Crippen LogP contribution in [0.1, 0.15) is 12.8 Å². The quantitative estimate of drug-likeness (QED) is 0.879. The van der Waals surface area contributed by atoms with Crippen molar-refractivity contribution in [1.82, 2.24) is 10.3 Å². The molecule has 3 atom stereocenters. The molecule has 26 heavy (non-hydrogen) atoms. The molecule has 0 radical (unpaired) electrons. The summed E-state index contributed by atoms with van der Waals surface area (Å²) >= 11 is 0. The highest BCUT2D eigenvalue weighted by atomic mass is 19.1. The number of halogens is 1. The van der Waals surface area contributed by atoms with Crippen LogP contribution in [0.25, 0.3) is 11.1 Å². The lowest BCUT2D eigenvalue weighted by Crippen LogP contribution is -2.28. The number of carboxylic acid groups (broad SMARTS) is 1. The van der Waals surface area contributed by atoms with E-state index < -0.39 is 6.09 Å². The lowest BCUT2D eigenvalue weighted by Gasteiger charge is -2.20. The smallest absolute Gasteiger partial charge is 0.404 e. The van der Waals surface area contributed by atoms with E-state index in [1.807, 2.05) is 18.3 Å². The van der Waals surface area contributed by atoms with Gasteiger partial charge < -0.3 is 15.3 Å². The Morgan fingerprint density at radius 1 is 1.12 bits per heavy atom. The third-order valence-electron chi connectivity index (χ3n) is 5.64. The van der Waals surface area contributed by atoms with E-state index in [-0.39, 0.29) is 5.82 Å². The van der Waals surface area contributed by atoms with Crippen LogP contribution in [0.2, 0.25) is 0 Å². The van der Waals surface area contributed by atoms with E-state index in [9.17, 15) is 9.18 Å². The van der Waals surface area contributed by atoms with Crippen molar-refractivity contribution < 1.29 is 14.3 Å². The number of amides is 1. The molecule has 0 spiro atoms. The molecule has 1 amide bonds. The third-order valence-corrected chi connectivity index (χ3v) is 5.64. The predicted octanol–water partition coefficient (Wildman–Crippen LogP) is 3.62. The molecule has 2 N–H and O–H groups in total. The number of aromatic nitrogens is 1. The minimum Gasteiger partial charge on any atom is -0.465 e. The van der Waals surface area contributed by atoms with Crippen LogP contribution in [0.15, 0.2) is 42.6 Å². The van der Waals surface area contributed by atoms with Crippen molar-refractivity contribution in [2.24, 2.45) is 17.8 Å². The van der Waals surface area contributed by atoms with Crippen LogP contribution >= 0.6 is 0 Å². The van der Waals surface area contributed by atoms with Gasteiger partial charge in [0.05, 0.1) is 0 Å². The molecular formula is C20H22FN3O2. The van der Waals surface area contributed by atoms with Crippen LogP contribution in [0.3, 0.4) is 0 Å². The molecule has 0 unspecified atom stereocenters. The summed E-state index contributed by atoms with van der Waals surface area (Å²) in [5.74, 6) is 2.43. The molecule has 2 aliphatic rings. The fraction of sp³-hybridized carbons (Fsp3) is 0.400. The Balaban J connectivity index is 1.37. The minimum absolute atomic E-state index is 0.237. The Morgan fingerprint density at radius 2 is 1.77 bits per heavy atom. The maximum atomic E-state index is 13.0. The molecule has 5 nitrogen and oxygen atoms in total. The zero-order valence-electron chi connectivity index (χ0n) is 14.4. The van der Waals surface area contributed by atoms with Crippen molar-refractivity contribution >= 4 is 11.9 Å². The number of fused-ring (bicyclic) bond motifs is 1. The molecule has 1 aromatic heterocycles. The van der Waals surface area contributed by atoms with Gasteiger partial charge in [0.2, 0.25) is 0 Å². The van der Waals surface area contributed by atoms with Gasteiger partial charge in [-0.1, -0.05) is 12.1 Å². The van der Waals surface area contributed by atoms with Gasteiger partial charge in [-0.05, 0) is 60.4 Å². The third kappa shape index (κ3) is 3.49. The van der Waals surface area contributed by atoms with Crippen LogP contribution in [-0.2, 0) is 0 Å². The number of nitrogens with one attached hydrogen (secondary N) is 1. The summed E-state index contributed by atoms with van der Waals surface area (Å²) in [5.41, 5.74) is 1.94. The largest absolute Gasteiger partial charge is 0.465 e. The lowest BCUT2D eigenvalue weighted by atomic mass is 10.0. The topological polar surface area (TPSA) is 65.5 Å². The first-order chi connectivity index (χ1) is 12.6. The lowest BCUT2D eigenvalue weighted by molar-refractivity contribution is 0.192. The molecule has 1 saturated carbocycles. The fourth-order valence-corrected chi connectivity index (χ4v) is 4.40. The van der Waals surface area contributed by atoms with Gasteiger partial charge in [0.25, 0.3) is 0 Å². The van der Waals surface area contributed by atoms with Gasteiger partial charge in [0.15, 0.2) is 0 Å². The van der Waals surface area contributed by atoms with E-state index in [0.29, 0.717) is 24.3 Å². The predicted molar refractivity (Wildman–Crippen MR) is 97.6 cm³/mol. The molecule has 6 heteroatoms. The van der Waals surface area contributed by atoms with Crippen LogP contribution in [0.5, 0.6) is 0 Å². The molecule has 1 aliphatic carbocycles. The highest BCUT2D eigenvalue weighted by Gasteiger charge is 2.41. The summed E-state index contributed by atoms with van der Waals surface area (Å²) in [5, 5.41) is 11.3. The Morgan fingerprint density at radius 3 is 2.35 bits per heavy atom. The number of hydrogen-bond donors (Lipinski definition) is 2. The van der Waals surface area contributed by atoms with Crippen LogP contribution < -0.4 is 10.2 Å². The number of hydrogen-bond acceptors (Lipinski definition) is 3. The van der Waals surface area contributed by atoms with Gasteiger partial charge in [0, 0.05) is 31.4 Å². The molecule has 1 aliphatic heterocycles. The summed E-state index contributed by atoms with van der Waals surface area (Å²) in [6.45, 7) is 2.53. The Hall–Kier alpha value is -2.63. The first-order valence-electron chi connectivity index (χ1n) is 9.02. The van der Waals surface area contributed by atoms with Crippen molar-refractivity contribution in [3.05, 3.63) is 48.4 Å². The normalized spacial score (nSPS) is 24.5. The molecule has 1 saturated heterocycles. The number of carbonyl (C=O) groups is 1. The zero-order chi connectivity index (χ0) is 18.1. The molecular weight excluding hydrogens is 333 g/mol. The monoisotopic (exact) mass is 355 g/mol. The van der Waals surface area contributed by atoms with Crippen molar-refractivity contribution in [3.8, 4) is 11.1 Å². The fourth-order valence-electron chi connectivity index (χ4n) is 4.40. The molecule has 136 valence electrons. The molecule has 0 bridgehead atoms. The highest BCUT2D eigenvalue weighted by Crippen LogP contribution is 2.42. The number of benzene rings is 1. The maximum absolute atomic E-state index is 13.0. The van der Waals surface area contributed by atoms with Gasteiger partial charge in [0.1, 0.15) is 11.6 Å². The zero-order valence-corrected chi connectivity index (χ0v) is 14.4. The van der Waals surface area contributed by atoms with Gasteiger partial charge in [-0.25, -0.2) is 14.2 Å². The maximum Gasteiger partial charge on any atom is 0.404 e. The average Bonchev–Trinajstić information content (AvgIpc) is 3.19. The van der Waals surface area contributed by atoms with E-state index in [4.69, 9.17) is 5.11 Å². The van der Waals surface area contributed by atoms with Crippen molar-refractivity contribution in [1.29, 1.82) is 0 Å². The van der Waals surface area contributed by atoms with Crippen LogP contribution in [-0.4, -0.2) is 35.8 Å². The summed E-state index contributed by atoms with van der Waals surface area (Å²) in [7, 11) is 0. The van der Waals surface area contributed by atoms with Crippen molar-refractivity contribution in [3.63, 3.8) is 0 Å². The Kier molecular flexibility index (Phi) is 4.49. The second kappa shape index (κ2) is 6.94. The van der Waals surface area contributed by atoms with Crippen molar-refractivity contribution in [2.45, 2.75) is 12.8 Å². The SMILES string of the molecule is O=C(O)NC[C@@H]1C[C@@H]2CN(c3ccc(-c4ccc(F)cc4)cn3)C[C@@H]2C1. The number of rotatable bonds is 4. The average molecular weight is 355 g/mol. The second-order valence-electron chi connectivity index (χ2n) is 7.36. The molecule has 1 aromatic carbocycles. The molecule has 4 rings (SSSR count). The summed E-state index contributed by atoms with van der Waals surface area (Å²) in [6.07, 6.45) is 3.06. The van der Waals surface area contributed by atoms with E-state index in [2.05, 4.69) is 15.2 Å².